The zero-order chi connectivity index (χ0) is 11.5. The van der Waals surface area contributed by atoms with Gasteiger partial charge in [0.1, 0.15) is 5.78 Å². The van der Waals surface area contributed by atoms with Crippen molar-refractivity contribution in [2.24, 2.45) is 16.7 Å². The Morgan fingerprint density at radius 2 is 2.00 bits per heavy atom. The Balaban J connectivity index is 2.36. The first-order valence-corrected chi connectivity index (χ1v) is 6.88. The van der Waals surface area contributed by atoms with Crippen LogP contribution in [0.25, 0.3) is 0 Å². The lowest BCUT2D eigenvalue weighted by atomic mass is 9.70. The molecule has 2 fully saturated rings. The van der Waals surface area contributed by atoms with Crippen LogP contribution in [0.3, 0.4) is 0 Å². The van der Waals surface area contributed by atoms with Crippen LogP contribution in [-0.4, -0.2) is 25.2 Å². The highest BCUT2D eigenvalue weighted by Crippen LogP contribution is 2.66. The first kappa shape index (κ1) is 11.4. The fourth-order valence-corrected chi connectivity index (χ4v) is 4.78. The third kappa shape index (κ3) is 1.45. The van der Waals surface area contributed by atoms with Crippen LogP contribution in [0.4, 0.5) is 0 Å². The van der Waals surface area contributed by atoms with Crippen LogP contribution >= 0.6 is 10.9 Å². The Hall–Kier alpha value is -0.100. The second kappa shape index (κ2) is 2.97. The summed E-state index contributed by atoms with van der Waals surface area (Å²) in [6, 6.07) is 0. The average molecular weight is 234 g/mol. The molecule has 0 aromatic rings. The van der Waals surface area contributed by atoms with Crippen molar-refractivity contribution in [2.75, 3.05) is 5.75 Å². The van der Waals surface area contributed by atoms with Gasteiger partial charge in [-0.1, -0.05) is 13.8 Å². The summed E-state index contributed by atoms with van der Waals surface area (Å²) in [7, 11) is -3.58. The van der Waals surface area contributed by atoms with Crippen LogP contribution in [0.5, 0.6) is 0 Å². The number of rotatable bonds is 2. The van der Waals surface area contributed by atoms with Gasteiger partial charge in [-0.2, -0.15) is 0 Å². The van der Waals surface area contributed by atoms with Crippen LogP contribution in [0.2, 0.25) is 0 Å². The summed E-state index contributed by atoms with van der Waals surface area (Å²) in [5.41, 5.74) is -0.915. The molecule has 0 spiro atoms. The van der Waals surface area contributed by atoms with Crippen molar-refractivity contribution in [3.63, 3.8) is 0 Å². The van der Waals surface area contributed by atoms with Crippen LogP contribution in [0.15, 0.2) is 0 Å². The largest absolute Gasteiger partial charge is 0.308 e. The molecule has 0 aliphatic heterocycles. The van der Waals surface area contributed by atoms with Gasteiger partial charge in [-0.05, 0) is 24.2 Å². The van der Waals surface area contributed by atoms with Crippen molar-refractivity contribution >= 4 is 16.7 Å². The maximum absolute atomic E-state index is 11.9. The SMILES string of the molecule is CC1(C)[C@H]2CC[C@@]1(CS(O)(O)O)C(=O)C2. The number of hydrogen-bond donors (Lipinski definition) is 3. The normalized spacial score (nSPS) is 39.8. The minimum absolute atomic E-state index is 0.0952. The molecule has 2 aliphatic rings. The molecule has 0 unspecified atom stereocenters. The molecule has 3 N–H and O–H groups in total. The molecule has 0 amide bonds. The molecule has 0 radical (unpaired) electrons. The van der Waals surface area contributed by atoms with E-state index in [0.717, 1.165) is 6.42 Å². The maximum atomic E-state index is 11.9. The summed E-state index contributed by atoms with van der Waals surface area (Å²) in [6.45, 7) is 4.00. The van der Waals surface area contributed by atoms with E-state index in [2.05, 4.69) is 0 Å². The highest BCUT2D eigenvalue weighted by atomic mass is 32.3. The molecule has 2 saturated carbocycles. The molecule has 0 aromatic heterocycles. The average Bonchev–Trinajstić information content (AvgIpc) is 2.34. The molecular formula is C10H18O4S. The van der Waals surface area contributed by atoms with E-state index in [0.29, 0.717) is 18.8 Å². The van der Waals surface area contributed by atoms with E-state index >= 15 is 0 Å². The first-order valence-electron chi connectivity index (χ1n) is 5.21. The smallest absolute Gasteiger partial charge is 0.140 e. The molecule has 2 rings (SSSR count). The van der Waals surface area contributed by atoms with Crippen LogP contribution in [-0.2, 0) is 4.79 Å². The standard InChI is InChI=1S/C10H18O4S/c1-9(2)7-3-4-10(9,8(11)5-7)6-15(12,13)14/h7,12-14H,3-6H2,1-2H3/t7-,10+/m0/s1. The third-order valence-electron chi connectivity index (χ3n) is 4.58. The third-order valence-corrected chi connectivity index (χ3v) is 5.46. The van der Waals surface area contributed by atoms with Gasteiger partial charge < -0.3 is 13.7 Å². The van der Waals surface area contributed by atoms with Crippen LogP contribution < -0.4 is 0 Å². The number of carbonyl (C=O) groups is 1. The van der Waals surface area contributed by atoms with Gasteiger partial charge in [0.2, 0.25) is 0 Å². The number of ketones is 1. The Labute approximate surface area is 91.2 Å². The van der Waals surface area contributed by atoms with Gasteiger partial charge in [-0.25, -0.2) is 0 Å². The van der Waals surface area contributed by atoms with Crippen molar-refractivity contribution in [3.05, 3.63) is 0 Å². The van der Waals surface area contributed by atoms with E-state index < -0.39 is 16.3 Å². The predicted molar refractivity (Wildman–Crippen MR) is 58.9 cm³/mol. The number of carbonyl (C=O) groups excluding carboxylic acids is 1. The zero-order valence-corrected chi connectivity index (χ0v) is 9.88. The lowest BCUT2D eigenvalue weighted by Crippen LogP contribution is -2.40. The van der Waals surface area contributed by atoms with Crippen molar-refractivity contribution in [1.29, 1.82) is 0 Å². The molecule has 88 valence electrons. The Kier molecular flexibility index (Phi) is 2.26. The second-order valence-corrected chi connectivity index (χ2v) is 7.00. The molecule has 0 saturated heterocycles. The quantitative estimate of drug-likeness (QED) is 0.686. The van der Waals surface area contributed by atoms with Gasteiger partial charge in [0.05, 0.1) is 16.6 Å². The summed E-state index contributed by atoms with van der Waals surface area (Å²) < 4.78 is 27.6. The molecular weight excluding hydrogens is 216 g/mol. The summed E-state index contributed by atoms with van der Waals surface area (Å²) >= 11 is 0. The molecule has 2 bridgehead atoms. The van der Waals surface area contributed by atoms with Crippen molar-refractivity contribution in [3.8, 4) is 0 Å². The van der Waals surface area contributed by atoms with Gasteiger partial charge in [0, 0.05) is 11.8 Å². The fraction of sp³-hybridized carbons (Fsp3) is 0.900. The topological polar surface area (TPSA) is 77.8 Å². The number of Topliss-reactive ketones (excluding diaryl/α,β-unsaturated/α-hetero) is 1. The fourth-order valence-electron chi connectivity index (χ4n) is 3.44. The number of hydrogen-bond acceptors (Lipinski definition) is 4. The van der Waals surface area contributed by atoms with Crippen LogP contribution in [0, 0.1) is 16.7 Å². The van der Waals surface area contributed by atoms with Gasteiger partial charge in [0.25, 0.3) is 0 Å². The summed E-state index contributed by atoms with van der Waals surface area (Å²) in [6.07, 6.45) is 2.16. The minimum Gasteiger partial charge on any atom is -0.308 e. The van der Waals surface area contributed by atoms with Crippen LogP contribution in [0.1, 0.15) is 33.1 Å². The summed E-state index contributed by atoms with van der Waals surface area (Å²) in [5, 5.41) is 0. The van der Waals surface area contributed by atoms with E-state index in [1.807, 2.05) is 13.8 Å². The molecule has 4 nitrogen and oxygen atoms in total. The lowest BCUT2D eigenvalue weighted by Gasteiger charge is -2.39. The molecule has 0 heterocycles. The lowest BCUT2D eigenvalue weighted by molar-refractivity contribution is -0.128. The zero-order valence-electron chi connectivity index (χ0n) is 9.06. The van der Waals surface area contributed by atoms with E-state index in [-0.39, 0.29) is 17.0 Å². The van der Waals surface area contributed by atoms with E-state index in [9.17, 15) is 18.5 Å². The Bertz CT molecular complexity index is 307. The van der Waals surface area contributed by atoms with Gasteiger partial charge in [-0.3, -0.25) is 4.79 Å². The van der Waals surface area contributed by atoms with E-state index in [4.69, 9.17) is 0 Å². The molecule has 2 aliphatic carbocycles. The van der Waals surface area contributed by atoms with Gasteiger partial charge >= 0.3 is 0 Å². The van der Waals surface area contributed by atoms with E-state index in [1.165, 1.54) is 0 Å². The Morgan fingerprint density at radius 3 is 2.33 bits per heavy atom. The molecule has 15 heavy (non-hydrogen) atoms. The van der Waals surface area contributed by atoms with Gasteiger partial charge in [-0.15, -0.1) is 0 Å². The highest BCUT2D eigenvalue weighted by molar-refractivity contribution is 8.19. The molecule has 5 heteroatoms. The summed E-state index contributed by atoms with van der Waals surface area (Å²) in [4.78, 5) is 11.9. The maximum Gasteiger partial charge on any atom is 0.140 e. The minimum atomic E-state index is -3.58. The van der Waals surface area contributed by atoms with Crippen molar-refractivity contribution in [1.82, 2.24) is 0 Å². The molecule has 2 atom stereocenters. The van der Waals surface area contributed by atoms with Gasteiger partial charge in [0.15, 0.2) is 0 Å². The second-order valence-electron chi connectivity index (χ2n) is 5.44. The summed E-state index contributed by atoms with van der Waals surface area (Å²) in [5.74, 6) is 0.257. The Morgan fingerprint density at radius 1 is 1.40 bits per heavy atom. The van der Waals surface area contributed by atoms with Crippen molar-refractivity contribution in [2.45, 2.75) is 33.1 Å². The number of fused-ring (bicyclic) bond motifs is 2. The van der Waals surface area contributed by atoms with Crippen molar-refractivity contribution < 1.29 is 18.5 Å². The highest BCUT2D eigenvalue weighted by Gasteiger charge is 2.65. The van der Waals surface area contributed by atoms with E-state index in [1.54, 1.807) is 0 Å². The predicted octanol–water partition coefficient (Wildman–Crippen LogP) is 2.61. The monoisotopic (exact) mass is 234 g/mol. The molecule has 0 aromatic carbocycles. The first-order chi connectivity index (χ1) is 6.69.